The summed E-state index contributed by atoms with van der Waals surface area (Å²) in [6, 6.07) is 7.70. The first-order valence-electron chi connectivity index (χ1n) is 6.76. The van der Waals surface area contributed by atoms with Crippen LogP contribution in [0.15, 0.2) is 24.3 Å². The molecule has 1 amide bonds. The second-order valence-electron chi connectivity index (χ2n) is 5.47. The monoisotopic (exact) mass is 246 g/mol. The molecule has 98 valence electrons. The SMILES string of the molecule is CCCNc1ccccc1C(=O)NCC1(C)CC1. The molecule has 1 aliphatic rings. The average Bonchev–Trinajstić information content (AvgIpc) is 3.12. The van der Waals surface area contributed by atoms with Crippen molar-refractivity contribution in [1.82, 2.24) is 5.32 Å². The van der Waals surface area contributed by atoms with E-state index < -0.39 is 0 Å². The minimum atomic E-state index is 0.0299. The maximum Gasteiger partial charge on any atom is 0.253 e. The first kappa shape index (κ1) is 12.9. The molecule has 0 spiro atoms. The van der Waals surface area contributed by atoms with Crippen LogP contribution in [0, 0.1) is 5.41 Å². The Labute approximate surface area is 109 Å². The van der Waals surface area contributed by atoms with Crippen LogP contribution in [0.3, 0.4) is 0 Å². The average molecular weight is 246 g/mol. The second kappa shape index (κ2) is 5.42. The van der Waals surface area contributed by atoms with Crippen LogP contribution in [0.1, 0.15) is 43.5 Å². The Morgan fingerprint density at radius 3 is 2.72 bits per heavy atom. The lowest BCUT2D eigenvalue weighted by molar-refractivity contribution is 0.0947. The zero-order chi connectivity index (χ0) is 13.0. The number of hydrogen-bond acceptors (Lipinski definition) is 2. The van der Waals surface area contributed by atoms with Crippen LogP contribution in [-0.4, -0.2) is 19.0 Å². The Hall–Kier alpha value is -1.51. The highest BCUT2D eigenvalue weighted by Gasteiger charge is 2.37. The van der Waals surface area contributed by atoms with E-state index in [0.717, 1.165) is 30.8 Å². The molecular formula is C15H22N2O. The van der Waals surface area contributed by atoms with Gasteiger partial charge in [0.1, 0.15) is 0 Å². The van der Waals surface area contributed by atoms with Crippen molar-refractivity contribution in [2.24, 2.45) is 5.41 Å². The van der Waals surface area contributed by atoms with Gasteiger partial charge in [-0.05, 0) is 36.8 Å². The van der Waals surface area contributed by atoms with Gasteiger partial charge in [0.25, 0.3) is 5.91 Å². The number of carbonyl (C=O) groups is 1. The van der Waals surface area contributed by atoms with Crippen LogP contribution in [0.5, 0.6) is 0 Å². The van der Waals surface area contributed by atoms with Gasteiger partial charge in [-0.1, -0.05) is 26.0 Å². The maximum atomic E-state index is 12.2. The lowest BCUT2D eigenvalue weighted by Crippen LogP contribution is -2.29. The van der Waals surface area contributed by atoms with Crippen LogP contribution in [0.25, 0.3) is 0 Å². The smallest absolute Gasteiger partial charge is 0.253 e. The molecule has 0 saturated heterocycles. The number of hydrogen-bond donors (Lipinski definition) is 2. The predicted octanol–water partition coefficient (Wildman–Crippen LogP) is 3.04. The molecule has 3 heteroatoms. The molecule has 0 unspecified atom stereocenters. The van der Waals surface area contributed by atoms with Gasteiger partial charge >= 0.3 is 0 Å². The Kier molecular flexibility index (Phi) is 3.90. The van der Waals surface area contributed by atoms with Crippen LogP contribution in [-0.2, 0) is 0 Å². The van der Waals surface area contributed by atoms with E-state index in [2.05, 4.69) is 24.5 Å². The van der Waals surface area contributed by atoms with E-state index in [1.165, 1.54) is 12.8 Å². The van der Waals surface area contributed by atoms with Crippen molar-refractivity contribution in [1.29, 1.82) is 0 Å². The van der Waals surface area contributed by atoms with Crippen molar-refractivity contribution in [2.75, 3.05) is 18.4 Å². The first-order valence-corrected chi connectivity index (χ1v) is 6.76. The third-order valence-corrected chi connectivity index (χ3v) is 3.52. The van der Waals surface area contributed by atoms with E-state index in [-0.39, 0.29) is 5.91 Å². The molecule has 0 bridgehead atoms. The summed E-state index contributed by atoms with van der Waals surface area (Å²) in [6.45, 7) is 6.01. The normalized spacial score (nSPS) is 16.1. The van der Waals surface area contributed by atoms with Crippen molar-refractivity contribution in [3.63, 3.8) is 0 Å². The van der Waals surface area contributed by atoms with E-state index >= 15 is 0 Å². The lowest BCUT2D eigenvalue weighted by Gasteiger charge is -2.13. The molecule has 0 aliphatic heterocycles. The fourth-order valence-electron chi connectivity index (χ4n) is 1.87. The Bertz CT molecular complexity index is 424. The first-order chi connectivity index (χ1) is 8.64. The number of nitrogens with one attached hydrogen (secondary N) is 2. The molecule has 1 saturated carbocycles. The standard InChI is InChI=1S/C15H22N2O/c1-3-10-16-13-7-5-4-6-12(13)14(18)17-11-15(2)8-9-15/h4-7,16H,3,8-11H2,1-2H3,(H,17,18). The van der Waals surface area contributed by atoms with Crippen LogP contribution < -0.4 is 10.6 Å². The number of carbonyl (C=O) groups excluding carboxylic acids is 1. The van der Waals surface area contributed by atoms with Crippen LogP contribution in [0.2, 0.25) is 0 Å². The molecule has 1 aromatic rings. The number of para-hydroxylation sites is 1. The molecule has 2 N–H and O–H groups in total. The van der Waals surface area contributed by atoms with Crippen molar-refractivity contribution < 1.29 is 4.79 Å². The molecule has 0 heterocycles. The zero-order valence-electron chi connectivity index (χ0n) is 11.3. The van der Waals surface area contributed by atoms with Gasteiger partial charge in [0.05, 0.1) is 5.56 Å². The van der Waals surface area contributed by atoms with Gasteiger partial charge in [0, 0.05) is 18.8 Å². The van der Waals surface area contributed by atoms with Gasteiger partial charge in [-0.2, -0.15) is 0 Å². The van der Waals surface area contributed by atoms with Crippen molar-refractivity contribution in [3.8, 4) is 0 Å². The molecule has 3 nitrogen and oxygen atoms in total. The van der Waals surface area contributed by atoms with Gasteiger partial charge in [0.2, 0.25) is 0 Å². The Morgan fingerprint density at radius 1 is 1.33 bits per heavy atom. The van der Waals surface area contributed by atoms with E-state index in [1.54, 1.807) is 0 Å². The predicted molar refractivity (Wildman–Crippen MR) is 74.9 cm³/mol. The highest BCUT2D eigenvalue weighted by Crippen LogP contribution is 2.44. The molecule has 1 aromatic carbocycles. The number of anilines is 1. The minimum Gasteiger partial charge on any atom is -0.384 e. The lowest BCUT2D eigenvalue weighted by atomic mass is 10.1. The van der Waals surface area contributed by atoms with E-state index in [9.17, 15) is 4.79 Å². The largest absolute Gasteiger partial charge is 0.384 e. The summed E-state index contributed by atoms with van der Waals surface area (Å²) in [6.07, 6.45) is 3.50. The summed E-state index contributed by atoms with van der Waals surface area (Å²) in [4.78, 5) is 12.2. The Morgan fingerprint density at radius 2 is 2.06 bits per heavy atom. The molecule has 1 aliphatic carbocycles. The summed E-state index contributed by atoms with van der Waals surface area (Å²) in [5, 5.41) is 6.34. The third-order valence-electron chi connectivity index (χ3n) is 3.52. The van der Waals surface area contributed by atoms with E-state index in [0.29, 0.717) is 5.41 Å². The van der Waals surface area contributed by atoms with Crippen LogP contribution in [0.4, 0.5) is 5.69 Å². The molecule has 2 rings (SSSR count). The van der Waals surface area contributed by atoms with Crippen molar-refractivity contribution in [3.05, 3.63) is 29.8 Å². The highest BCUT2D eigenvalue weighted by molar-refractivity contribution is 5.99. The molecule has 0 aromatic heterocycles. The molecule has 0 atom stereocenters. The number of benzene rings is 1. The second-order valence-corrected chi connectivity index (χ2v) is 5.47. The van der Waals surface area contributed by atoms with Gasteiger partial charge in [-0.15, -0.1) is 0 Å². The molecular weight excluding hydrogens is 224 g/mol. The number of rotatable bonds is 6. The summed E-state index contributed by atoms with van der Waals surface area (Å²) in [7, 11) is 0. The van der Waals surface area contributed by atoms with Gasteiger partial charge < -0.3 is 10.6 Å². The zero-order valence-corrected chi connectivity index (χ0v) is 11.3. The number of amides is 1. The quantitative estimate of drug-likeness (QED) is 0.810. The van der Waals surface area contributed by atoms with Gasteiger partial charge in [-0.3, -0.25) is 4.79 Å². The summed E-state index contributed by atoms with van der Waals surface area (Å²) < 4.78 is 0. The van der Waals surface area contributed by atoms with Crippen LogP contribution >= 0.6 is 0 Å². The van der Waals surface area contributed by atoms with E-state index in [4.69, 9.17) is 0 Å². The van der Waals surface area contributed by atoms with Gasteiger partial charge in [-0.25, -0.2) is 0 Å². The molecule has 18 heavy (non-hydrogen) atoms. The van der Waals surface area contributed by atoms with E-state index in [1.807, 2.05) is 24.3 Å². The molecule has 0 radical (unpaired) electrons. The summed E-state index contributed by atoms with van der Waals surface area (Å²) >= 11 is 0. The topological polar surface area (TPSA) is 41.1 Å². The molecule has 1 fully saturated rings. The Balaban J connectivity index is 1.99. The summed E-state index contributed by atoms with van der Waals surface area (Å²) in [5.41, 5.74) is 2.02. The summed E-state index contributed by atoms with van der Waals surface area (Å²) in [5.74, 6) is 0.0299. The minimum absolute atomic E-state index is 0.0299. The van der Waals surface area contributed by atoms with Crippen molar-refractivity contribution >= 4 is 11.6 Å². The van der Waals surface area contributed by atoms with Crippen molar-refractivity contribution in [2.45, 2.75) is 33.1 Å². The maximum absolute atomic E-state index is 12.2. The fraction of sp³-hybridized carbons (Fsp3) is 0.533. The fourth-order valence-corrected chi connectivity index (χ4v) is 1.87. The highest BCUT2D eigenvalue weighted by atomic mass is 16.1. The third kappa shape index (κ3) is 3.25. The van der Waals surface area contributed by atoms with Gasteiger partial charge in [0.15, 0.2) is 0 Å².